The molecule has 1 aromatic carbocycles. The maximum atomic E-state index is 6.14. The molecule has 0 saturated heterocycles. The summed E-state index contributed by atoms with van der Waals surface area (Å²) in [5.41, 5.74) is 1.81. The predicted octanol–water partition coefficient (Wildman–Crippen LogP) is 4.91. The SMILES string of the molecule is CCCOc1cccc(-c2nc(Cl)c(Br)c(CC)n2)c1. The fourth-order valence-corrected chi connectivity index (χ4v) is 2.42. The zero-order valence-corrected chi connectivity index (χ0v) is 13.8. The van der Waals surface area contributed by atoms with Gasteiger partial charge in [0.25, 0.3) is 0 Å². The maximum absolute atomic E-state index is 6.14. The number of aromatic nitrogens is 2. The number of ether oxygens (including phenoxy) is 1. The van der Waals surface area contributed by atoms with E-state index in [-0.39, 0.29) is 0 Å². The molecular formula is C15H16BrClN2O. The van der Waals surface area contributed by atoms with Crippen molar-refractivity contribution in [2.45, 2.75) is 26.7 Å². The third-order valence-corrected chi connectivity index (χ3v) is 4.11. The Bertz CT molecular complexity index is 604. The molecule has 0 atom stereocenters. The molecule has 0 unspecified atom stereocenters. The van der Waals surface area contributed by atoms with Gasteiger partial charge in [-0.3, -0.25) is 0 Å². The Labute approximate surface area is 132 Å². The van der Waals surface area contributed by atoms with Crippen LogP contribution in [0.2, 0.25) is 5.15 Å². The molecule has 1 aromatic heterocycles. The Hall–Kier alpha value is -1.13. The van der Waals surface area contributed by atoms with Crippen molar-refractivity contribution in [2.24, 2.45) is 0 Å². The van der Waals surface area contributed by atoms with Crippen LogP contribution in [-0.2, 0) is 6.42 Å². The van der Waals surface area contributed by atoms with Gasteiger partial charge in [-0.25, -0.2) is 9.97 Å². The van der Waals surface area contributed by atoms with E-state index in [1.807, 2.05) is 31.2 Å². The molecule has 0 aliphatic heterocycles. The Morgan fingerprint density at radius 1 is 1.25 bits per heavy atom. The van der Waals surface area contributed by atoms with Crippen molar-refractivity contribution in [1.29, 1.82) is 0 Å². The number of hydrogen-bond acceptors (Lipinski definition) is 3. The Kier molecular flexibility index (Phi) is 5.38. The Morgan fingerprint density at radius 3 is 2.75 bits per heavy atom. The molecule has 0 spiro atoms. The molecule has 0 fully saturated rings. The van der Waals surface area contributed by atoms with Gasteiger partial charge in [-0.15, -0.1) is 0 Å². The van der Waals surface area contributed by atoms with Crippen molar-refractivity contribution in [3.63, 3.8) is 0 Å². The molecule has 0 aliphatic carbocycles. The third-order valence-electron chi connectivity index (χ3n) is 2.78. The second kappa shape index (κ2) is 7.04. The molecule has 106 valence electrons. The molecule has 5 heteroatoms. The molecule has 3 nitrogen and oxygen atoms in total. The highest BCUT2D eigenvalue weighted by molar-refractivity contribution is 9.10. The summed E-state index contributed by atoms with van der Waals surface area (Å²) in [6.45, 7) is 4.81. The zero-order valence-electron chi connectivity index (χ0n) is 11.5. The molecule has 0 N–H and O–H groups in total. The van der Waals surface area contributed by atoms with E-state index in [2.05, 4.69) is 32.8 Å². The van der Waals surface area contributed by atoms with Crippen LogP contribution < -0.4 is 4.74 Å². The molecule has 0 bridgehead atoms. The summed E-state index contributed by atoms with van der Waals surface area (Å²) < 4.78 is 6.40. The van der Waals surface area contributed by atoms with Gasteiger partial charge in [-0.2, -0.15) is 0 Å². The van der Waals surface area contributed by atoms with Gasteiger partial charge in [-0.1, -0.05) is 37.6 Å². The van der Waals surface area contributed by atoms with E-state index in [0.717, 1.165) is 34.3 Å². The number of benzene rings is 1. The fourth-order valence-electron chi connectivity index (χ4n) is 1.77. The van der Waals surface area contributed by atoms with Gasteiger partial charge in [0.15, 0.2) is 5.82 Å². The second-order valence-corrected chi connectivity index (χ2v) is 5.48. The molecular weight excluding hydrogens is 340 g/mol. The van der Waals surface area contributed by atoms with Crippen LogP contribution >= 0.6 is 27.5 Å². The van der Waals surface area contributed by atoms with Gasteiger partial charge in [0.1, 0.15) is 10.9 Å². The summed E-state index contributed by atoms with van der Waals surface area (Å²) in [5, 5.41) is 0.437. The predicted molar refractivity (Wildman–Crippen MR) is 85.3 cm³/mol. The molecule has 0 radical (unpaired) electrons. The lowest BCUT2D eigenvalue weighted by Crippen LogP contribution is -1.98. The topological polar surface area (TPSA) is 35.0 Å². The molecule has 2 aromatic rings. The number of rotatable bonds is 5. The fraction of sp³-hybridized carbons (Fsp3) is 0.333. The first-order valence-electron chi connectivity index (χ1n) is 6.60. The van der Waals surface area contributed by atoms with E-state index >= 15 is 0 Å². The highest BCUT2D eigenvalue weighted by Gasteiger charge is 2.11. The van der Waals surface area contributed by atoms with Crippen molar-refractivity contribution < 1.29 is 4.74 Å². The molecule has 2 rings (SSSR count). The highest BCUT2D eigenvalue weighted by Crippen LogP contribution is 2.28. The average Bonchev–Trinajstić information content (AvgIpc) is 2.48. The van der Waals surface area contributed by atoms with Crippen molar-refractivity contribution in [3.05, 3.63) is 39.6 Å². The van der Waals surface area contributed by atoms with Crippen LogP contribution in [0.3, 0.4) is 0 Å². The van der Waals surface area contributed by atoms with E-state index < -0.39 is 0 Å². The number of hydrogen-bond donors (Lipinski definition) is 0. The smallest absolute Gasteiger partial charge is 0.161 e. The average molecular weight is 356 g/mol. The number of halogens is 2. The van der Waals surface area contributed by atoms with Crippen LogP contribution in [0.4, 0.5) is 0 Å². The second-order valence-electron chi connectivity index (χ2n) is 4.33. The first-order valence-corrected chi connectivity index (χ1v) is 7.78. The third kappa shape index (κ3) is 3.49. The summed E-state index contributed by atoms with van der Waals surface area (Å²) in [6, 6.07) is 7.76. The lowest BCUT2D eigenvalue weighted by atomic mass is 10.2. The standard InChI is InChI=1S/C15H16BrClN2O/c1-3-8-20-11-7-5-6-10(9-11)15-18-12(4-2)13(16)14(17)19-15/h5-7,9H,3-4,8H2,1-2H3. The van der Waals surface area contributed by atoms with E-state index in [0.29, 0.717) is 17.6 Å². The van der Waals surface area contributed by atoms with Gasteiger partial charge in [-0.05, 0) is 40.9 Å². The number of nitrogens with zero attached hydrogens (tertiary/aromatic N) is 2. The highest BCUT2D eigenvalue weighted by atomic mass is 79.9. The first-order chi connectivity index (χ1) is 9.65. The van der Waals surface area contributed by atoms with Crippen molar-refractivity contribution >= 4 is 27.5 Å². The van der Waals surface area contributed by atoms with E-state index in [1.165, 1.54) is 0 Å². The van der Waals surface area contributed by atoms with Crippen LogP contribution in [0, 0.1) is 0 Å². The van der Waals surface area contributed by atoms with Crippen LogP contribution in [0.25, 0.3) is 11.4 Å². The summed E-state index contributed by atoms with van der Waals surface area (Å²) in [5.74, 6) is 1.45. The minimum atomic E-state index is 0.437. The van der Waals surface area contributed by atoms with Gasteiger partial charge < -0.3 is 4.74 Å². The first kappa shape index (κ1) is 15.3. The van der Waals surface area contributed by atoms with Gasteiger partial charge in [0.2, 0.25) is 0 Å². The summed E-state index contributed by atoms with van der Waals surface area (Å²) in [7, 11) is 0. The van der Waals surface area contributed by atoms with Gasteiger partial charge >= 0.3 is 0 Å². The van der Waals surface area contributed by atoms with Crippen molar-refractivity contribution in [1.82, 2.24) is 9.97 Å². The van der Waals surface area contributed by atoms with Crippen LogP contribution in [-0.4, -0.2) is 16.6 Å². The normalized spacial score (nSPS) is 10.6. The van der Waals surface area contributed by atoms with Crippen molar-refractivity contribution in [3.8, 4) is 17.1 Å². The molecule has 1 heterocycles. The minimum Gasteiger partial charge on any atom is -0.494 e. The molecule has 0 saturated carbocycles. The summed E-state index contributed by atoms with van der Waals surface area (Å²) in [6.07, 6.45) is 1.77. The quantitative estimate of drug-likeness (QED) is 0.715. The van der Waals surface area contributed by atoms with Crippen molar-refractivity contribution in [2.75, 3.05) is 6.61 Å². The minimum absolute atomic E-state index is 0.437. The van der Waals surface area contributed by atoms with E-state index in [9.17, 15) is 0 Å². The lowest BCUT2D eigenvalue weighted by molar-refractivity contribution is 0.317. The molecule has 20 heavy (non-hydrogen) atoms. The maximum Gasteiger partial charge on any atom is 0.161 e. The number of aryl methyl sites for hydroxylation is 1. The monoisotopic (exact) mass is 354 g/mol. The Morgan fingerprint density at radius 2 is 2.05 bits per heavy atom. The Balaban J connectivity index is 2.38. The lowest BCUT2D eigenvalue weighted by Gasteiger charge is -2.09. The van der Waals surface area contributed by atoms with Crippen LogP contribution in [0.15, 0.2) is 28.7 Å². The van der Waals surface area contributed by atoms with Crippen LogP contribution in [0.1, 0.15) is 26.0 Å². The van der Waals surface area contributed by atoms with Gasteiger partial charge in [0, 0.05) is 5.56 Å². The summed E-state index contributed by atoms with van der Waals surface area (Å²) >= 11 is 9.56. The largest absolute Gasteiger partial charge is 0.494 e. The van der Waals surface area contributed by atoms with Crippen LogP contribution in [0.5, 0.6) is 5.75 Å². The molecule has 0 aliphatic rings. The van der Waals surface area contributed by atoms with E-state index in [4.69, 9.17) is 16.3 Å². The molecule has 0 amide bonds. The van der Waals surface area contributed by atoms with E-state index in [1.54, 1.807) is 0 Å². The zero-order chi connectivity index (χ0) is 14.5. The van der Waals surface area contributed by atoms with Gasteiger partial charge in [0.05, 0.1) is 16.8 Å². The summed E-state index contributed by atoms with van der Waals surface area (Å²) in [4.78, 5) is 8.87.